The lowest BCUT2D eigenvalue weighted by Crippen LogP contribution is -2.41. The molecule has 2 heterocycles. The Morgan fingerprint density at radius 2 is 2.21 bits per heavy atom. The van der Waals surface area contributed by atoms with Gasteiger partial charge in [-0.3, -0.25) is 0 Å². The standard InChI is InChI=1S/C13H17N3O2S/c1-2-16(10-7-8-14-9-10)13-11-5-3-4-6-12(11)19(17,18)15-13/h3-6,10,14H,2,7-9H2,1H3. The number of sulfonamides is 1. The van der Waals surface area contributed by atoms with Crippen LogP contribution in [-0.4, -0.2) is 44.8 Å². The van der Waals surface area contributed by atoms with Crippen molar-refractivity contribution >= 4 is 15.9 Å². The molecule has 0 spiro atoms. The average molecular weight is 279 g/mol. The van der Waals surface area contributed by atoms with E-state index in [0.717, 1.165) is 31.6 Å². The van der Waals surface area contributed by atoms with Crippen molar-refractivity contribution in [3.8, 4) is 0 Å². The van der Waals surface area contributed by atoms with Crippen LogP contribution in [-0.2, 0) is 10.0 Å². The van der Waals surface area contributed by atoms with Gasteiger partial charge in [-0.2, -0.15) is 8.42 Å². The van der Waals surface area contributed by atoms with Crippen LogP contribution in [0.4, 0.5) is 0 Å². The molecule has 3 rings (SSSR count). The normalized spacial score (nSPS) is 24.1. The zero-order valence-corrected chi connectivity index (χ0v) is 11.7. The van der Waals surface area contributed by atoms with E-state index in [-0.39, 0.29) is 0 Å². The Morgan fingerprint density at radius 3 is 2.89 bits per heavy atom. The molecule has 1 atom stereocenters. The van der Waals surface area contributed by atoms with Gasteiger partial charge in [0, 0.05) is 24.7 Å². The third-order valence-corrected chi connectivity index (χ3v) is 5.03. The molecule has 2 aliphatic heterocycles. The van der Waals surface area contributed by atoms with Gasteiger partial charge in [-0.1, -0.05) is 12.1 Å². The highest BCUT2D eigenvalue weighted by atomic mass is 32.2. The SMILES string of the molecule is CCN(C1=NS(=O)(=O)c2ccccc21)C1CCNC1. The largest absolute Gasteiger partial charge is 0.351 e. The molecule has 19 heavy (non-hydrogen) atoms. The van der Waals surface area contributed by atoms with E-state index in [0.29, 0.717) is 16.8 Å². The van der Waals surface area contributed by atoms with Gasteiger partial charge in [0.15, 0.2) is 5.84 Å². The van der Waals surface area contributed by atoms with E-state index in [9.17, 15) is 8.42 Å². The number of nitrogens with zero attached hydrogens (tertiary/aromatic N) is 2. The Hall–Kier alpha value is -1.40. The van der Waals surface area contributed by atoms with E-state index in [1.807, 2.05) is 19.1 Å². The van der Waals surface area contributed by atoms with Gasteiger partial charge in [0.1, 0.15) is 4.90 Å². The topological polar surface area (TPSA) is 61.8 Å². The minimum atomic E-state index is -3.51. The van der Waals surface area contributed by atoms with Gasteiger partial charge >= 0.3 is 0 Å². The highest BCUT2D eigenvalue weighted by Crippen LogP contribution is 2.28. The second-order valence-electron chi connectivity index (χ2n) is 4.82. The first kappa shape index (κ1) is 12.6. The van der Waals surface area contributed by atoms with Crippen molar-refractivity contribution in [3.05, 3.63) is 29.8 Å². The lowest BCUT2D eigenvalue weighted by atomic mass is 10.1. The fourth-order valence-electron chi connectivity index (χ4n) is 2.78. The molecule has 1 N–H and O–H groups in total. The second kappa shape index (κ2) is 4.61. The Morgan fingerprint density at radius 1 is 1.42 bits per heavy atom. The summed E-state index contributed by atoms with van der Waals surface area (Å²) in [6.07, 6.45) is 1.02. The molecule has 1 fully saturated rings. The zero-order valence-electron chi connectivity index (χ0n) is 10.8. The lowest BCUT2D eigenvalue weighted by molar-refractivity contribution is 0.345. The summed E-state index contributed by atoms with van der Waals surface area (Å²) in [5.74, 6) is 0.604. The van der Waals surface area contributed by atoms with Crippen LogP contribution >= 0.6 is 0 Å². The highest BCUT2D eigenvalue weighted by Gasteiger charge is 2.34. The van der Waals surface area contributed by atoms with E-state index >= 15 is 0 Å². The fourth-order valence-corrected chi connectivity index (χ4v) is 4.00. The summed E-state index contributed by atoms with van der Waals surface area (Å²) in [6.45, 7) is 4.65. The summed E-state index contributed by atoms with van der Waals surface area (Å²) in [6, 6.07) is 7.38. The maximum absolute atomic E-state index is 12.1. The van der Waals surface area contributed by atoms with Crippen LogP contribution in [0, 0.1) is 0 Å². The van der Waals surface area contributed by atoms with E-state index < -0.39 is 10.0 Å². The number of nitrogens with one attached hydrogen (secondary N) is 1. The molecule has 1 aromatic carbocycles. The van der Waals surface area contributed by atoms with Gasteiger partial charge in [-0.05, 0) is 32.0 Å². The Bertz CT molecular complexity index is 619. The average Bonchev–Trinajstić information content (AvgIpc) is 3.00. The van der Waals surface area contributed by atoms with Gasteiger partial charge in [0.25, 0.3) is 10.0 Å². The second-order valence-corrected chi connectivity index (χ2v) is 6.39. The zero-order chi connectivity index (χ0) is 13.5. The third-order valence-electron chi connectivity index (χ3n) is 3.70. The predicted octanol–water partition coefficient (Wildman–Crippen LogP) is 0.819. The first-order chi connectivity index (χ1) is 9.13. The quantitative estimate of drug-likeness (QED) is 0.870. The first-order valence-corrected chi connectivity index (χ1v) is 7.99. The Balaban J connectivity index is 2.05. The molecular weight excluding hydrogens is 262 g/mol. The van der Waals surface area contributed by atoms with Crippen molar-refractivity contribution in [3.63, 3.8) is 0 Å². The van der Waals surface area contributed by atoms with Crippen molar-refractivity contribution < 1.29 is 8.42 Å². The molecule has 0 saturated carbocycles. The molecule has 6 heteroatoms. The number of benzene rings is 1. The summed E-state index contributed by atoms with van der Waals surface area (Å²) < 4.78 is 28.1. The van der Waals surface area contributed by atoms with E-state index in [4.69, 9.17) is 0 Å². The molecule has 5 nitrogen and oxygen atoms in total. The molecular formula is C13H17N3O2S. The molecule has 0 aliphatic carbocycles. The summed E-state index contributed by atoms with van der Waals surface area (Å²) in [4.78, 5) is 2.43. The fraction of sp³-hybridized carbons (Fsp3) is 0.462. The van der Waals surface area contributed by atoms with Crippen molar-refractivity contribution in [2.45, 2.75) is 24.3 Å². The Kier molecular flexibility index (Phi) is 3.06. The third kappa shape index (κ3) is 2.04. The van der Waals surface area contributed by atoms with Gasteiger partial charge in [0.05, 0.1) is 0 Å². The maximum Gasteiger partial charge on any atom is 0.285 e. The number of amidine groups is 1. The Labute approximate surface area is 113 Å². The highest BCUT2D eigenvalue weighted by molar-refractivity contribution is 7.90. The van der Waals surface area contributed by atoms with Crippen LogP contribution in [0.1, 0.15) is 18.9 Å². The van der Waals surface area contributed by atoms with Gasteiger partial charge in [0.2, 0.25) is 0 Å². The molecule has 0 amide bonds. The van der Waals surface area contributed by atoms with Crippen LogP contribution < -0.4 is 5.32 Å². The number of rotatable bonds is 2. The van der Waals surface area contributed by atoms with Gasteiger partial charge in [-0.15, -0.1) is 4.40 Å². The minimum Gasteiger partial charge on any atom is -0.351 e. The summed E-state index contributed by atoms with van der Waals surface area (Å²) in [5, 5.41) is 3.31. The number of fused-ring (bicyclic) bond motifs is 1. The predicted molar refractivity (Wildman–Crippen MR) is 73.8 cm³/mol. The van der Waals surface area contributed by atoms with Crippen molar-refractivity contribution in [1.82, 2.24) is 10.2 Å². The number of hydrogen-bond donors (Lipinski definition) is 1. The van der Waals surface area contributed by atoms with E-state index in [1.54, 1.807) is 12.1 Å². The van der Waals surface area contributed by atoms with Crippen LogP contribution in [0.25, 0.3) is 0 Å². The van der Waals surface area contributed by atoms with E-state index in [1.165, 1.54) is 0 Å². The van der Waals surface area contributed by atoms with Gasteiger partial charge in [-0.25, -0.2) is 0 Å². The number of likely N-dealkylation sites (N-methyl/N-ethyl adjacent to an activating group) is 1. The van der Waals surface area contributed by atoms with Crippen LogP contribution in [0.2, 0.25) is 0 Å². The lowest BCUT2D eigenvalue weighted by Gasteiger charge is -2.28. The van der Waals surface area contributed by atoms with Crippen molar-refractivity contribution in [2.75, 3.05) is 19.6 Å². The molecule has 2 aliphatic rings. The van der Waals surface area contributed by atoms with Crippen molar-refractivity contribution in [1.29, 1.82) is 0 Å². The minimum absolute atomic E-state index is 0.324. The summed E-state index contributed by atoms with van der Waals surface area (Å²) in [5.41, 5.74) is 0.733. The van der Waals surface area contributed by atoms with Crippen LogP contribution in [0.3, 0.4) is 0 Å². The summed E-state index contributed by atoms with van der Waals surface area (Å²) >= 11 is 0. The molecule has 1 aromatic rings. The molecule has 1 saturated heterocycles. The number of hydrogen-bond acceptors (Lipinski definition) is 4. The van der Waals surface area contributed by atoms with Crippen molar-refractivity contribution in [2.24, 2.45) is 4.40 Å². The molecule has 0 radical (unpaired) electrons. The molecule has 0 aromatic heterocycles. The first-order valence-electron chi connectivity index (χ1n) is 6.55. The molecule has 1 unspecified atom stereocenters. The molecule has 0 bridgehead atoms. The van der Waals surface area contributed by atoms with E-state index in [2.05, 4.69) is 14.6 Å². The smallest absolute Gasteiger partial charge is 0.285 e. The monoisotopic (exact) mass is 279 g/mol. The van der Waals surface area contributed by atoms with Gasteiger partial charge < -0.3 is 10.2 Å². The molecule has 102 valence electrons. The van der Waals surface area contributed by atoms with Crippen LogP contribution in [0.15, 0.2) is 33.6 Å². The van der Waals surface area contributed by atoms with Crippen LogP contribution in [0.5, 0.6) is 0 Å². The summed E-state index contributed by atoms with van der Waals surface area (Å²) in [7, 11) is -3.51. The maximum atomic E-state index is 12.1.